The highest BCUT2D eigenvalue weighted by atomic mass is 16.1. The highest BCUT2D eigenvalue weighted by Crippen LogP contribution is 2.30. The lowest BCUT2D eigenvalue weighted by atomic mass is 10.1. The Hall–Kier alpha value is -3.72. The smallest absolute Gasteiger partial charge is 0.258 e. The van der Waals surface area contributed by atoms with Crippen LogP contribution in [0.4, 0.5) is 5.82 Å². The largest absolute Gasteiger partial charge is 0.364 e. The zero-order valence-corrected chi connectivity index (χ0v) is 15.1. The Morgan fingerprint density at radius 3 is 2.93 bits per heavy atom. The molecule has 28 heavy (non-hydrogen) atoms. The molecule has 0 amide bonds. The fraction of sp³-hybridized carbons (Fsp3) is 0.182. The van der Waals surface area contributed by atoms with E-state index in [1.807, 2.05) is 24.3 Å². The van der Waals surface area contributed by atoms with Crippen LogP contribution in [0.1, 0.15) is 24.1 Å². The van der Waals surface area contributed by atoms with Crippen molar-refractivity contribution in [3.05, 3.63) is 70.7 Å². The topological polar surface area (TPSA) is 83.6 Å². The van der Waals surface area contributed by atoms with Crippen molar-refractivity contribution >= 4 is 27.5 Å². The molecule has 0 unspecified atom stereocenters. The molecular weight excluding hydrogens is 350 g/mol. The quantitative estimate of drug-likeness (QED) is 0.429. The number of aromatic amines is 1. The third kappa shape index (κ3) is 3.08. The molecule has 1 fully saturated rings. The lowest BCUT2D eigenvalue weighted by molar-refractivity contribution is 1.04. The molecule has 0 aromatic carbocycles. The highest BCUT2D eigenvalue weighted by Gasteiger charge is 2.18. The van der Waals surface area contributed by atoms with Gasteiger partial charge in [-0.1, -0.05) is 17.9 Å². The zero-order chi connectivity index (χ0) is 18.9. The molecule has 5 rings (SSSR count). The second kappa shape index (κ2) is 6.78. The van der Waals surface area contributed by atoms with Gasteiger partial charge < -0.3 is 10.3 Å². The number of hydrogen-bond donors (Lipinski definition) is 2. The number of aromatic nitrogens is 4. The summed E-state index contributed by atoms with van der Waals surface area (Å²) in [5, 5.41) is 5.48. The van der Waals surface area contributed by atoms with Gasteiger partial charge in [-0.15, -0.1) is 0 Å². The summed E-state index contributed by atoms with van der Waals surface area (Å²) in [5.41, 5.74) is 2.05. The SMILES string of the molecule is O=c1[nH]cc(C#CC2CC2)c2nc(NCc3ccccn3)c3ccncc3c12. The first-order valence-corrected chi connectivity index (χ1v) is 9.24. The fourth-order valence-corrected chi connectivity index (χ4v) is 3.17. The van der Waals surface area contributed by atoms with E-state index in [1.54, 1.807) is 24.8 Å². The Morgan fingerprint density at radius 2 is 2.11 bits per heavy atom. The Morgan fingerprint density at radius 1 is 1.18 bits per heavy atom. The molecule has 1 aliphatic rings. The number of anilines is 1. The van der Waals surface area contributed by atoms with E-state index in [2.05, 4.69) is 32.1 Å². The maximum Gasteiger partial charge on any atom is 0.258 e. The first-order chi connectivity index (χ1) is 13.8. The van der Waals surface area contributed by atoms with Crippen LogP contribution >= 0.6 is 0 Å². The maximum absolute atomic E-state index is 12.6. The molecule has 0 radical (unpaired) electrons. The predicted octanol–water partition coefficient (Wildman–Crippen LogP) is 3.24. The van der Waals surface area contributed by atoms with Crippen LogP contribution in [0.5, 0.6) is 0 Å². The highest BCUT2D eigenvalue weighted by molar-refractivity contribution is 6.10. The molecule has 1 aliphatic carbocycles. The first kappa shape index (κ1) is 16.5. The van der Waals surface area contributed by atoms with Crippen molar-refractivity contribution in [2.24, 2.45) is 5.92 Å². The second-order valence-electron chi connectivity index (χ2n) is 6.85. The van der Waals surface area contributed by atoms with Crippen LogP contribution in [0, 0.1) is 17.8 Å². The number of H-pyrrole nitrogens is 1. The summed E-state index contributed by atoms with van der Waals surface area (Å²) >= 11 is 0. The van der Waals surface area contributed by atoms with Gasteiger partial charge in [-0.3, -0.25) is 14.8 Å². The van der Waals surface area contributed by atoms with Gasteiger partial charge in [0.2, 0.25) is 0 Å². The summed E-state index contributed by atoms with van der Waals surface area (Å²) in [7, 11) is 0. The average molecular weight is 367 g/mol. The van der Waals surface area contributed by atoms with Gasteiger partial charge in [0, 0.05) is 41.5 Å². The van der Waals surface area contributed by atoms with E-state index in [0.717, 1.165) is 34.9 Å². The van der Waals surface area contributed by atoms with E-state index in [0.29, 0.717) is 29.2 Å². The van der Waals surface area contributed by atoms with Gasteiger partial charge in [0.25, 0.3) is 5.56 Å². The maximum atomic E-state index is 12.6. The summed E-state index contributed by atoms with van der Waals surface area (Å²) < 4.78 is 0. The molecule has 6 nitrogen and oxygen atoms in total. The third-order valence-corrected chi connectivity index (χ3v) is 4.79. The van der Waals surface area contributed by atoms with E-state index in [9.17, 15) is 4.79 Å². The molecule has 6 heteroatoms. The van der Waals surface area contributed by atoms with Gasteiger partial charge in [0.1, 0.15) is 5.82 Å². The Bertz CT molecular complexity index is 1300. The molecule has 0 bridgehead atoms. The zero-order valence-electron chi connectivity index (χ0n) is 15.1. The number of nitrogens with one attached hydrogen (secondary N) is 2. The molecule has 1 saturated carbocycles. The van der Waals surface area contributed by atoms with Crippen molar-refractivity contribution in [2.75, 3.05) is 5.32 Å². The van der Waals surface area contributed by atoms with Crippen molar-refractivity contribution < 1.29 is 0 Å². The van der Waals surface area contributed by atoms with Gasteiger partial charge in [0.15, 0.2) is 0 Å². The normalized spacial score (nSPS) is 13.3. The Balaban J connectivity index is 1.69. The van der Waals surface area contributed by atoms with Crippen LogP contribution < -0.4 is 10.9 Å². The number of nitrogens with zero attached hydrogens (tertiary/aromatic N) is 3. The minimum atomic E-state index is -0.186. The molecule has 4 heterocycles. The van der Waals surface area contributed by atoms with Crippen molar-refractivity contribution in [1.29, 1.82) is 0 Å². The molecule has 0 saturated heterocycles. The van der Waals surface area contributed by atoms with Crippen LogP contribution in [0.25, 0.3) is 21.7 Å². The van der Waals surface area contributed by atoms with Crippen LogP contribution in [0.3, 0.4) is 0 Å². The van der Waals surface area contributed by atoms with E-state index in [4.69, 9.17) is 4.98 Å². The lowest BCUT2D eigenvalue weighted by Crippen LogP contribution is -2.10. The van der Waals surface area contributed by atoms with Gasteiger partial charge in [0.05, 0.1) is 28.7 Å². The molecule has 2 N–H and O–H groups in total. The number of pyridine rings is 4. The summed E-state index contributed by atoms with van der Waals surface area (Å²) in [6, 6.07) is 7.65. The molecule has 0 atom stereocenters. The number of rotatable bonds is 3. The third-order valence-electron chi connectivity index (χ3n) is 4.79. The van der Waals surface area contributed by atoms with E-state index in [1.165, 1.54) is 0 Å². The van der Waals surface area contributed by atoms with Gasteiger partial charge in [-0.2, -0.15) is 0 Å². The summed E-state index contributed by atoms with van der Waals surface area (Å²) in [4.78, 5) is 28.7. The van der Waals surface area contributed by atoms with Crippen molar-refractivity contribution in [1.82, 2.24) is 19.9 Å². The van der Waals surface area contributed by atoms with E-state index < -0.39 is 0 Å². The van der Waals surface area contributed by atoms with Crippen LogP contribution in [-0.2, 0) is 6.54 Å². The van der Waals surface area contributed by atoms with Crippen molar-refractivity contribution in [3.63, 3.8) is 0 Å². The summed E-state index contributed by atoms with van der Waals surface area (Å²) in [6.07, 6.45) is 9.11. The van der Waals surface area contributed by atoms with Crippen molar-refractivity contribution in [2.45, 2.75) is 19.4 Å². The van der Waals surface area contributed by atoms with Gasteiger partial charge in [-0.25, -0.2) is 4.98 Å². The predicted molar refractivity (Wildman–Crippen MR) is 109 cm³/mol. The van der Waals surface area contributed by atoms with Crippen LogP contribution in [0.2, 0.25) is 0 Å². The van der Waals surface area contributed by atoms with Gasteiger partial charge >= 0.3 is 0 Å². The van der Waals surface area contributed by atoms with E-state index in [-0.39, 0.29) is 5.56 Å². The Labute approximate surface area is 161 Å². The minimum Gasteiger partial charge on any atom is -0.364 e. The second-order valence-corrected chi connectivity index (χ2v) is 6.85. The number of fused-ring (bicyclic) bond motifs is 3. The van der Waals surface area contributed by atoms with E-state index >= 15 is 0 Å². The monoisotopic (exact) mass is 367 g/mol. The fourth-order valence-electron chi connectivity index (χ4n) is 3.17. The molecular formula is C22H17N5O. The molecule has 0 aliphatic heterocycles. The summed E-state index contributed by atoms with van der Waals surface area (Å²) in [5.74, 6) is 7.61. The Kier molecular flexibility index (Phi) is 3.99. The summed E-state index contributed by atoms with van der Waals surface area (Å²) in [6.45, 7) is 0.531. The minimum absolute atomic E-state index is 0.186. The molecule has 4 aromatic rings. The van der Waals surface area contributed by atoms with Gasteiger partial charge in [-0.05, 0) is 31.0 Å². The number of hydrogen-bond acceptors (Lipinski definition) is 5. The lowest BCUT2D eigenvalue weighted by Gasteiger charge is -2.11. The molecule has 0 spiro atoms. The van der Waals surface area contributed by atoms with Crippen LogP contribution in [0.15, 0.2) is 53.8 Å². The molecule has 136 valence electrons. The van der Waals surface area contributed by atoms with Crippen molar-refractivity contribution in [3.8, 4) is 11.8 Å². The van der Waals surface area contributed by atoms with Crippen LogP contribution in [-0.4, -0.2) is 19.9 Å². The first-order valence-electron chi connectivity index (χ1n) is 9.24. The molecule has 4 aromatic heterocycles. The average Bonchev–Trinajstić information content (AvgIpc) is 3.56. The standard InChI is InChI=1S/C22H17N5O/c28-22-19-18-13-23-10-8-17(18)21(25-12-16-3-1-2-9-24-16)27-20(19)15(11-26-22)7-6-14-4-5-14/h1-3,8-11,13-14H,4-5,12H2,(H,25,27)(H,26,28).